The van der Waals surface area contributed by atoms with E-state index in [4.69, 9.17) is 4.74 Å². The third-order valence-corrected chi connectivity index (χ3v) is 4.53. The number of anilines is 1. The molecule has 0 atom stereocenters. The zero-order valence-electron chi connectivity index (χ0n) is 18.0. The number of nitrogens with zero attached hydrogens (tertiary/aromatic N) is 2. The maximum absolute atomic E-state index is 13.0. The van der Waals surface area contributed by atoms with E-state index in [1.54, 1.807) is 12.1 Å². The minimum atomic E-state index is -4.49. The predicted octanol–water partition coefficient (Wildman–Crippen LogP) is 5.67. The van der Waals surface area contributed by atoms with E-state index in [2.05, 4.69) is 10.3 Å². The number of benzene rings is 2. The molecule has 32 heavy (non-hydrogen) atoms. The fourth-order valence-corrected chi connectivity index (χ4v) is 3.02. The quantitative estimate of drug-likeness (QED) is 0.511. The van der Waals surface area contributed by atoms with Crippen LogP contribution in [0.4, 0.5) is 18.9 Å². The number of rotatable bonds is 7. The second-order valence-corrected chi connectivity index (χ2v) is 7.65. The molecule has 5 nitrogen and oxygen atoms in total. The summed E-state index contributed by atoms with van der Waals surface area (Å²) in [5.74, 6) is -0.398. The van der Waals surface area contributed by atoms with Gasteiger partial charge in [-0.3, -0.25) is 4.79 Å². The van der Waals surface area contributed by atoms with Gasteiger partial charge in [-0.05, 0) is 43.7 Å². The SMILES string of the molecule is CC(C)NC(=O)c1cc(N(C)Cc2ccccc2)cc(Oc2cccc(C(F)(F)F)c2)n1. The molecule has 1 heterocycles. The third-order valence-electron chi connectivity index (χ3n) is 4.53. The van der Waals surface area contributed by atoms with E-state index in [0.717, 1.165) is 17.7 Å². The Balaban J connectivity index is 1.94. The molecular formula is C24H24F3N3O2. The molecule has 3 aromatic rings. The molecule has 8 heteroatoms. The maximum atomic E-state index is 13.0. The zero-order chi connectivity index (χ0) is 23.3. The van der Waals surface area contributed by atoms with Crippen LogP contribution >= 0.6 is 0 Å². The highest BCUT2D eigenvalue weighted by Crippen LogP contribution is 2.33. The Hall–Kier alpha value is -3.55. The van der Waals surface area contributed by atoms with E-state index < -0.39 is 17.6 Å². The molecule has 1 N–H and O–H groups in total. The Labute approximate surface area is 184 Å². The Bertz CT molecular complexity index is 1070. The van der Waals surface area contributed by atoms with Gasteiger partial charge in [-0.25, -0.2) is 4.98 Å². The van der Waals surface area contributed by atoms with Crippen molar-refractivity contribution in [3.63, 3.8) is 0 Å². The van der Waals surface area contributed by atoms with E-state index in [-0.39, 0.29) is 23.4 Å². The van der Waals surface area contributed by atoms with Gasteiger partial charge in [0.15, 0.2) is 0 Å². The van der Waals surface area contributed by atoms with E-state index in [9.17, 15) is 18.0 Å². The van der Waals surface area contributed by atoms with Crippen molar-refractivity contribution in [2.75, 3.05) is 11.9 Å². The van der Waals surface area contributed by atoms with Gasteiger partial charge in [-0.15, -0.1) is 0 Å². The molecule has 0 bridgehead atoms. The number of carbonyl (C=O) groups excluding carboxylic acids is 1. The summed E-state index contributed by atoms with van der Waals surface area (Å²) in [5.41, 5.74) is 0.975. The number of amides is 1. The molecule has 0 aliphatic heterocycles. The smallest absolute Gasteiger partial charge is 0.416 e. The molecular weight excluding hydrogens is 419 g/mol. The summed E-state index contributed by atoms with van der Waals surface area (Å²) < 4.78 is 44.8. The number of hydrogen-bond acceptors (Lipinski definition) is 4. The summed E-state index contributed by atoms with van der Waals surface area (Å²) >= 11 is 0. The van der Waals surface area contributed by atoms with E-state index in [1.807, 2.05) is 56.1 Å². The van der Waals surface area contributed by atoms with Gasteiger partial charge in [0.2, 0.25) is 5.88 Å². The van der Waals surface area contributed by atoms with Gasteiger partial charge < -0.3 is 15.0 Å². The van der Waals surface area contributed by atoms with Crippen molar-refractivity contribution in [1.82, 2.24) is 10.3 Å². The molecule has 1 amide bonds. The molecule has 3 rings (SSSR count). The van der Waals surface area contributed by atoms with Crippen LogP contribution in [0, 0.1) is 0 Å². The summed E-state index contributed by atoms with van der Waals surface area (Å²) in [6.45, 7) is 4.20. The van der Waals surface area contributed by atoms with Gasteiger partial charge in [0.25, 0.3) is 5.91 Å². The number of nitrogens with one attached hydrogen (secondary N) is 1. The standard InChI is InChI=1S/C24H24F3N3O2/c1-16(2)28-23(31)21-13-19(30(3)15-17-8-5-4-6-9-17)14-22(29-21)32-20-11-7-10-18(12-20)24(25,26)27/h4-14,16H,15H2,1-3H3,(H,28,31). The highest BCUT2D eigenvalue weighted by atomic mass is 19.4. The van der Waals surface area contributed by atoms with Crippen LogP contribution in [0.1, 0.15) is 35.5 Å². The van der Waals surface area contributed by atoms with Crippen LogP contribution in [0.3, 0.4) is 0 Å². The number of aromatic nitrogens is 1. The molecule has 0 fully saturated rings. The zero-order valence-corrected chi connectivity index (χ0v) is 18.0. The van der Waals surface area contributed by atoms with Crippen LogP contribution in [-0.2, 0) is 12.7 Å². The first-order valence-electron chi connectivity index (χ1n) is 10.0. The lowest BCUT2D eigenvalue weighted by Gasteiger charge is -2.21. The number of carbonyl (C=O) groups is 1. The van der Waals surface area contributed by atoms with Crippen LogP contribution < -0.4 is 15.0 Å². The highest BCUT2D eigenvalue weighted by Gasteiger charge is 2.30. The monoisotopic (exact) mass is 443 g/mol. The molecule has 0 saturated carbocycles. The molecule has 0 aliphatic rings. The molecule has 0 saturated heterocycles. The van der Waals surface area contributed by atoms with Gasteiger partial charge in [-0.1, -0.05) is 36.4 Å². The second-order valence-electron chi connectivity index (χ2n) is 7.65. The van der Waals surface area contributed by atoms with Crippen LogP contribution in [0.5, 0.6) is 11.6 Å². The number of ether oxygens (including phenoxy) is 1. The van der Waals surface area contributed by atoms with Crippen LogP contribution in [0.15, 0.2) is 66.7 Å². The van der Waals surface area contributed by atoms with Crippen molar-refractivity contribution in [2.45, 2.75) is 32.6 Å². The number of hydrogen-bond donors (Lipinski definition) is 1. The average molecular weight is 443 g/mol. The fourth-order valence-electron chi connectivity index (χ4n) is 3.02. The lowest BCUT2D eigenvalue weighted by molar-refractivity contribution is -0.137. The van der Waals surface area contributed by atoms with Crippen LogP contribution in [0.2, 0.25) is 0 Å². The highest BCUT2D eigenvalue weighted by molar-refractivity contribution is 5.93. The fraction of sp³-hybridized carbons (Fsp3) is 0.250. The van der Waals surface area contributed by atoms with Gasteiger partial charge in [-0.2, -0.15) is 13.2 Å². The van der Waals surface area contributed by atoms with Crippen molar-refractivity contribution < 1.29 is 22.7 Å². The minimum Gasteiger partial charge on any atom is -0.439 e. The molecule has 0 spiro atoms. The molecule has 0 radical (unpaired) electrons. The summed E-state index contributed by atoms with van der Waals surface area (Å²) in [7, 11) is 1.85. The molecule has 0 aliphatic carbocycles. The molecule has 0 unspecified atom stereocenters. The van der Waals surface area contributed by atoms with Gasteiger partial charge in [0, 0.05) is 31.4 Å². The average Bonchev–Trinajstić information content (AvgIpc) is 2.73. The first-order chi connectivity index (χ1) is 15.1. The number of halogens is 3. The summed E-state index contributed by atoms with van der Waals surface area (Å²) in [6, 6.07) is 17.4. The lowest BCUT2D eigenvalue weighted by atomic mass is 10.2. The Morgan fingerprint density at radius 2 is 1.78 bits per heavy atom. The number of pyridine rings is 1. The molecule has 1 aromatic heterocycles. The summed E-state index contributed by atoms with van der Waals surface area (Å²) in [6.07, 6.45) is -4.49. The van der Waals surface area contributed by atoms with Gasteiger partial charge in [0.05, 0.1) is 5.56 Å². The van der Waals surface area contributed by atoms with Crippen LogP contribution in [0.25, 0.3) is 0 Å². The summed E-state index contributed by atoms with van der Waals surface area (Å²) in [5, 5.41) is 2.77. The van der Waals surface area contributed by atoms with E-state index >= 15 is 0 Å². The van der Waals surface area contributed by atoms with E-state index in [0.29, 0.717) is 12.2 Å². The lowest BCUT2D eigenvalue weighted by Crippen LogP contribution is -2.31. The van der Waals surface area contributed by atoms with Crippen molar-refractivity contribution in [3.8, 4) is 11.6 Å². The first kappa shape index (κ1) is 23.1. The molecule has 168 valence electrons. The van der Waals surface area contributed by atoms with Crippen molar-refractivity contribution in [2.24, 2.45) is 0 Å². The maximum Gasteiger partial charge on any atom is 0.416 e. The van der Waals surface area contributed by atoms with E-state index in [1.165, 1.54) is 12.1 Å². The van der Waals surface area contributed by atoms with Gasteiger partial charge in [0.1, 0.15) is 11.4 Å². The Kier molecular flexibility index (Phi) is 7.02. The summed E-state index contributed by atoms with van der Waals surface area (Å²) in [4.78, 5) is 18.7. The van der Waals surface area contributed by atoms with Crippen molar-refractivity contribution in [3.05, 3.63) is 83.6 Å². The third kappa shape index (κ3) is 6.23. The largest absolute Gasteiger partial charge is 0.439 e. The normalized spacial score (nSPS) is 11.3. The Morgan fingerprint density at radius 1 is 1.06 bits per heavy atom. The first-order valence-corrected chi connectivity index (χ1v) is 10.0. The van der Waals surface area contributed by atoms with Crippen LogP contribution in [-0.4, -0.2) is 24.0 Å². The Morgan fingerprint density at radius 3 is 2.44 bits per heavy atom. The number of alkyl halides is 3. The van der Waals surface area contributed by atoms with Crippen molar-refractivity contribution in [1.29, 1.82) is 0 Å². The topological polar surface area (TPSA) is 54.5 Å². The van der Waals surface area contributed by atoms with Gasteiger partial charge >= 0.3 is 6.18 Å². The second kappa shape index (κ2) is 9.72. The predicted molar refractivity (Wildman–Crippen MR) is 117 cm³/mol. The van der Waals surface area contributed by atoms with Crippen molar-refractivity contribution >= 4 is 11.6 Å². The molecule has 2 aromatic carbocycles. The minimum absolute atomic E-state index is 0.0228.